The summed E-state index contributed by atoms with van der Waals surface area (Å²) in [6, 6.07) is 0. The Kier molecular flexibility index (Phi) is 3.33. The number of hydrogen-bond acceptors (Lipinski definition) is 0. The fourth-order valence-corrected chi connectivity index (χ4v) is 1.67. The first-order chi connectivity index (χ1) is 5.74. The molecular formula is C12H18. The second-order valence-corrected chi connectivity index (χ2v) is 3.60. The highest BCUT2D eigenvalue weighted by Crippen LogP contribution is 2.28. The Bertz CT molecular complexity index is 218. The molecule has 66 valence electrons. The first kappa shape index (κ1) is 9.31. The van der Waals surface area contributed by atoms with Gasteiger partial charge in [-0.25, -0.2) is 0 Å². The molecule has 1 rings (SSSR count). The molecule has 0 N–H and O–H groups in total. The Labute approximate surface area is 75.7 Å². The maximum atomic E-state index is 4.00. The second kappa shape index (κ2) is 4.30. The van der Waals surface area contributed by atoms with E-state index in [0.29, 0.717) is 0 Å². The summed E-state index contributed by atoms with van der Waals surface area (Å²) >= 11 is 0. The lowest BCUT2D eigenvalue weighted by Gasteiger charge is -2.20. The quantitative estimate of drug-likeness (QED) is 0.541. The van der Waals surface area contributed by atoms with Crippen LogP contribution in [0.4, 0.5) is 0 Å². The fraction of sp³-hybridized carbons (Fsp3) is 0.500. The van der Waals surface area contributed by atoms with Crippen LogP contribution in [0.5, 0.6) is 0 Å². The monoisotopic (exact) mass is 162 g/mol. The number of hydrogen-bond donors (Lipinski definition) is 0. The van der Waals surface area contributed by atoms with E-state index in [0.717, 1.165) is 5.92 Å². The van der Waals surface area contributed by atoms with Gasteiger partial charge in [0, 0.05) is 0 Å². The molecule has 1 aliphatic carbocycles. The van der Waals surface area contributed by atoms with Crippen molar-refractivity contribution in [1.29, 1.82) is 0 Å². The highest BCUT2D eigenvalue weighted by molar-refractivity contribution is 5.22. The molecule has 0 heterocycles. The summed E-state index contributed by atoms with van der Waals surface area (Å²) in [6.45, 7) is 8.22. The summed E-state index contributed by atoms with van der Waals surface area (Å²) in [5.74, 6) is 0.735. The summed E-state index contributed by atoms with van der Waals surface area (Å²) in [5.41, 5.74) is 2.83. The SMILES string of the molecule is C=C(C)C1CC=C(C=CC)CC1. The van der Waals surface area contributed by atoms with E-state index in [1.165, 1.54) is 30.4 Å². The lowest BCUT2D eigenvalue weighted by molar-refractivity contribution is 0.545. The molecular weight excluding hydrogens is 144 g/mol. The minimum atomic E-state index is 0.735. The Morgan fingerprint density at radius 1 is 1.67 bits per heavy atom. The lowest BCUT2D eigenvalue weighted by atomic mass is 9.85. The van der Waals surface area contributed by atoms with Crippen LogP contribution in [-0.2, 0) is 0 Å². The van der Waals surface area contributed by atoms with Gasteiger partial charge in [0.1, 0.15) is 0 Å². The van der Waals surface area contributed by atoms with Gasteiger partial charge in [-0.15, -0.1) is 0 Å². The number of rotatable bonds is 2. The average molecular weight is 162 g/mol. The van der Waals surface area contributed by atoms with E-state index in [-0.39, 0.29) is 0 Å². The molecule has 0 aromatic rings. The Hall–Kier alpha value is -0.780. The molecule has 0 aromatic carbocycles. The minimum Gasteiger partial charge on any atom is -0.0998 e. The molecule has 0 spiro atoms. The van der Waals surface area contributed by atoms with Crippen molar-refractivity contribution in [3.63, 3.8) is 0 Å². The first-order valence-electron chi connectivity index (χ1n) is 4.71. The van der Waals surface area contributed by atoms with Crippen LogP contribution in [0.15, 0.2) is 36.0 Å². The summed E-state index contributed by atoms with van der Waals surface area (Å²) in [6.07, 6.45) is 10.4. The van der Waals surface area contributed by atoms with Crippen molar-refractivity contribution in [1.82, 2.24) is 0 Å². The van der Waals surface area contributed by atoms with Crippen molar-refractivity contribution in [3.05, 3.63) is 36.0 Å². The molecule has 1 aliphatic rings. The average Bonchev–Trinajstić information content (AvgIpc) is 2.06. The van der Waals surface area contributed by atoms with Crippen LogP contribution in [0.2, 0.25) is 0 Å². The van der Waals surface area contributed by atoms with Gasteiger partial charge in [-0.3, -0.25) is 0 Å². The molecule has 1 atom stereocenters. The molecule has 0 saturated heterocycles. The fourth-order valence-electron chi connectivity index (χ4n) is 1.67. The van der Waals surface area contributed by atoms with Gasteiger partial charge >= 0.3 is 0 Å². The predicted molar refractivity (Wildman–Crippen MR) is 55.1 cm³/mol. The summed E-state index contributed by atoms with van der Waals surface area (Å²) in [7, 11) is 0. The van der Waals surface area contributed by atoms with Crippen molar-refractivity contribution >= 4 is 0 Å². The van der Waals surface area contributed by atoms with Crippen molar-refractivity contribution < 1.29 is 0 Å². The zero-order valence-electron chi connectivity index (χ0n) is 8.14. The Balaban J connectivity index is 2.53. The van der Waals surface area contributed by atoms with E-state index in [4.69, 9.17) is 0 Å². The van der Waals surface area contributed by atoms with Gasteiger partial charge in [0.25, 0.3) is 0 Å². The molecule has 12 heavy (non-hydrogen) atoms. The highest BCUT2D eigenvalue weighted by Gasteiger charge is 2.12. The highest BCUT2D eigenvalue weighted by atomic mass is 14.2. The van der Waals surface area contributed by atoms with Crippen LogP contribution >= 0.6 is 0 Å². The van der Waals surface area contributed by atoms with E-state index in [1.54, 1.807) is 0 Å². The third-order valence-electron chi connectivity index (χ3n) is 2.52. The van der Waals surface area contributed by atoms with Gasteiger partial charge < -0.3 is 0 Å². The van der Waals surface area contributed by atoms with Gasteiger partial charge in [0.15, 0.2) is 0 Å². The smallest absolute Gasteiger partial charge is 0.0171 e. The van der Waals surface area contributed by atoms with Crippen LogP contribution in [0.1, 0.15) is 33.1 Å². The molecule has 0 bridgehead atoms. The third-order valence-corrected chi connectivity index (χ3v) is 2.52. The van der Waals surface area contributed by atoms with Crippen molar-refractivity contribution in [3.8, 4) is 0 Å². The van der Waals surface area contributed by atoms with Gasteiger partial charge in [-0.05, 0) is 39.0 Å². The van der Waals surface area contributed by atoms with E-state index >= 15 is 0 Å². The van der Waals surface area contributed by atoms with Crippen LogP contribution in [0.3, 0.4) is 0 Å². The van der Waals surface area contributed by atoms with Crippen molar-refractivity contribution in [2.24, 2.45) is 5.92 Å². The topological polar surface area (TPSA) is 0 Å². The standard InChI is InChI=1S/C12H18/c1-4-5-11-6-8-12(9-7-11)10(2)3/h4-6,12H,2,7-9H2,1,3H3. The molecule has 0 radical (unpaired) electrons. The molecule has 0 aliphatic heterocycles. The molecule has 0 saturated carbocycles. The van der Waals surface area contributed by atoms with Crippen molar-refractivity contribution in [2.45, 2.75) is 33.1 Å². The second-order valence-electron chi connectivity index (χ2n) is 3.60. The molecule has 0 heteroatoms. The van der Waals surface area contributed by atoms with E-state index in [2.05, 4.69) is 38.7 Å². The van der Waals surface area contributed by atoms with E-state index in [1.807, 2.05) is 0 Å². The normalized spacial score (nSPS) is 24.2. The summed E-state index contributed by atoms with van der Waals surface area (Å²) < 4.78 is 0. The first-order valence-corrected chi connectivity index (χ1v) is 4.71. The van der Waals surface area contributed by atoms with Gasteiger partial charge in [-0.1, -0.05) is 36.0 Å². The van der Waals surface area contributed by atoms with Crippen LogP contribution < -0.4 is 0 Å². The maximum absolute atomic E-state index is 4.00. The molecule has 1 unspecified atom stereocenters. The van der Waals surface area contributed by atoms with Crippen LogP contribution in [0.25, 0.3) is 0 Å². The Morgan fingerprint density at radius 3 is 2.83 bits per heavy atom. The molecule has 0 aromatic heterocycles. The summed E-state index contributed by atoms with van der Waals surface area (Å²) in [5, 5.41) is 0. The van der Waals surface area contributed by atoms with Gasteiger partial charge in [0.2, 0.25) is 0 Å². The van der Waals surface area contributed by atoms with Crippen LogP contribution in [-0.4, -0.2) is 0 Å². The van der Waals surface area contributed by atoms with Crippen molar-refractivity contribution in [2.75, 3.05) is 0 Å². The van der Waals surface area contributed by atoms with E-state index < -0.39 is 0 Å². The summed E-state index contributed by atoms with van der Waals surface area (Å²) in [4.78, 5) is 0. The number of allylic oxidation sites excluding steroid dienone is 5. The Morgan fingerprint density at radius 2 is 2.42 bits per heavy atom. The third kappa shape index (κ3) is 2.37. The lowest BCUT2D eigenvalue weighted by Crippen LogP contribution is -2.05. The predicted octanol–water partition coefficient (Wildman–Crippen LogP) is 3.87. The molecule has 0 fully saturated rings. The zero-order valence-corrected chi connectivity index (χ0v) is 8.14. The zero-order chi connectivity index (χ0) is 8.97. The minimum absolute atomic E-state index is 0.735. The molecule has 0 amide bonds. The van der Waals surface area contributed by atoms with Gasteiger partial charge in [-0.2, -0.15) is 0 Å². The van der Waals surface area contributed by atoms with E-state index in [9.17, 15) is 0 Å². The van der Waals surface area contributed by atoms with Gasteiger partial charge in [0.05, 0.1) is 0 Å². The largest absolute Gasteiger partial charge is 0.0998 e. The maximum Gasteiger partial charge on any atom is -0.0171 e. The van der Waals surface area contributed by atoms with Crippen LogP contribution in [0, 0.1) is 5.92 Å². The molecule has 0 nitrogen and oxygen atoms in total.